The van der Waals surface area contributed by atoms with Crippen LogP contribution in [-0.2, 0) is 17.6 Å². The summed E-state index contributed by atoms with van der Waals surface area (Å²) >= 11 is 0. The molecule has 0 saturated carbocycles. The van der Waals surface area contributed by atoms with E-state index in [0.29, 0.717) is 23.0 Å². The number of hydrogen-bond donors (Lipinski definition) is 0. The molecule has 0 amide bonds. The highest BCUT2D eigenvalue weighted by molar-refractivity contribution is 5.76. The average molecular weight is 323 g/mol. The zero-order valence-electron chi connectivity index (χ0n) is 14.2. The normalized spacial score (nSPS) is 10.3. The van der Waals surface area contributed by atoms with Gasteiger partial charge < -0.3 is 9.47 Å². The molecule has 0 unspecified atom stereocenters. The first-order valence-electron chi connectivity index (χ1n) is 7.88. The molecule has 0 aliphatic heterocycles. The van der Waals surface area contributed by atoms with Gasteiger partial charge in [0.05, 0.1) is 25.2 Å². The molecule has 0 atom stereocenters. The Kier molecular flexibility index (Phi) is 5.97. The number of methoxy groups -OCH3 is 1. The largest absolute Gasteiger partial charge is 0.493 e. The first-order valence-corrected chi connectivity index (χ1v) is 7.88. The van der Waals surface area contributed by atoms with E-state index in [2.05, 4.69) is 13.8 Å². The van der Waals surface area contributed by atoms with Gasteiger partial charge in [-0.15, -0.1) is 0 Å². The van der Waals surface area contributed by atoms with Crippen LogP contribution in [0.2, 0.25) is 0 Å². The molecule has 0 spiro atoms. The van der Waals surface area contributed by atoms with E-state index in [0.717, 1.165) is 12.0 Å². The van der Waals surface area contributed by atoms with Crippen LogP contribution in [0.15, 0.2) is 42.5 Å². The van der Waals surface area contributed by atoms with Gasteiger partial charge in [0.15, 0.2) is 11.5 Å². The van der Waals surface area contributed by atoms with Crippen LogP contribution in [0.25, 0.3) is 0 Å². The predicted octanol–water partition coefficient (Wildman–Crippen LogP) is 3.91. The quantitative estimate of drug-likeness (QED) is 0.597. The first-order chi connectivity index (χ1) is 11.5. The standard InChI is InChI=1S/C20H21NO3/c1-14(2)10-15-4-6-16(7-5-15)12-20(22)24-18-9-8-17(13-21)11-19(18)23-3/h4-9,11,14H,10,12H2,1-3H3. The number of nitrogens with zero attached hydrogens (tertiary/aromatic N) is 1. The van der Waals surface area contributed by atoms with Gasteiger partial charge in [-0.2, -0.15) is 5.26 Å². The van der Waals surface area contributed by atoms with Crippen molar-refractivity contribution in [3.8, 4) is 17.6 Å². The summed E-state index contributed by atoms with van der Waals surface area (Å²) in [6, 6.07) is 14.7. The molecule has 4 heteroatoms. The Morgan fingerprint density at radius 3 is 2.33 bits per heavy atom. The molecule has 0 heterocycles. The van der Waals surface area contributed by atoms with Crippen LogP contribution in [0.3, 0.4) is 0 Å². The summed E-state index contributed by atoms with van der Waals surface area (Å²) in [6.07, 6.45) is 1.21. The number of nitriles is 1. The number of benzene rings is 2. The minimum Gasteiger partial charge on any atom is -0.493 e. The number of carbonyl (C=O) groups is 1. The maximum absolute atomic E-state index is 12.1. The Balaban J connectivity index is 2.02. The molecule has 2 aromatic rings. The van der Waals surface area contributed by atoms with Crippen molar-refractivity contribution in [3.63, 3.8) is 0 Å². The molecular weight excluding hydrogens is 302 g/mol. The molecule has 0 fully saturated rings. The summed E-state index contributed by atoms with van der Waals surface area (Å²) in [7, 11) is 1.47. The summed E-state index contributed by atoms with van der Waals surface area (Å²) in [4.78, 5) is 12.1. The van der Waals surface area contributed by atoms with Gasteiger partial charge in [-0.3, -0.25) is 4.79 Å². The summed E-state index contributed by atoms with van der Waals surface area (Å²) in [5.74, 6) is 0.923. The summed E-state index contributed by atoms with van der Waals surface area (Å²) in [5, 5.41) is 8.89. The van der Waals surface area contributed by atoms with Crippen molar-refractivity contribution in [2.24, 2.45) is 5.92 Å². The second kappa shape index (κ2) is 8.16. The minimum atomic E-state index is -0.366. The van der Waals surface area contributed by atoms with Gasteiger partial charge in [0.2, 0.25) is 0 Å². The molecule has 0 aliphatic rings. The van der Waals surface area contributed by atoms with Gasteiger partial charge in [-0.25, -0.2) is 0 Å². The number of carbonyl (C=O) groups excluding carboxylic acids is 1. The molecule has 124 valence electrons. The zero-order valence-corrected chi connectivity index (χ0v) is 14.2. The van der Waals surface area contributed by atoms with Crippen molar-refractivity contribution in [2.75, 3.05) is 7.11 Å². The third kappa shape index (κ3) is 4.85. The Bertz CT molecular complexity index is 742. The summed E-state index contributed by atoms with van der Waals surface area (Å²) in [5.41, 5.74) is 2.61. The maximum atomic E-state index is 12.1. The molecule has 2 aromatic carbocycles. The van der Waals surface area contributed by atoms with E-state index in [1.165, 1.54) is 12.7 Å². The Morgan fingerprint density at radius 1 is 1.08 bits per heavy atom. The topological polar surface area (TPSA) is 59.3 Å². The van der Waals surface area contributed by atoms with E-state index >= 15 is 0 Å². The van der Waals surface area contributed by atoms with Gasteiger partial charge in [0.25, 0.3) is 0 Å². The Labute approximate surface area is 142 Å². The van der Waals surface area contributed by atoms with Crippen LogP contribution in [0, 0.1) is 17.2 Å². The minimum absolute atomic E-state index is 0.186. The van der Waals surface area contributed by atoms with Crippen molar-refractivity contribution in [3.05, 3.63) is 59.2 Å². The van der Waals surface area contributed by atoms with Crippen molar-refractivity contribution in [2.45, 2.75) is 26.7 Å². The number of ether oxygens (including phenoxy) is 2. The second-order valence-corrected chi connectivity index (χ2v) is 6.04. The number of rotatable bonds is 6. The smallest absolute Gasteiger partial charge is 0.315 e. The summed E-state index contributed by atoms with van der Waals surface area (Å²) in [6.45, 7) is 4.35. The van der Waals surface area contributed by atoms with Gasteiger partial charge >= 0.3 is 5.97 Å². The highest BCUT2D eigenvalue weighted by Gasteiger charge is 2.12. The molecular formula is C20H21NO3. The van der Waals surface area contributed by atoms with E-state index in [1.54, 1.807) is 18.2 Å². The van der Waals surface area contributed by atoms with Crippen molar-refractivity contribution < 1.29 is 14.3 Å². The van der Waals surface area contributed by atoms with E-state index in [4.69, 9.17) is 14.7 Å². The van der Waals surface area contributed by atoms with Crippen LogP contribution in [-0.4, -0.2) is 13.1 Å². The molecule has 0 bridgehead atoms. The first kappa shape index (κ1) is 17.6. The monoisotopic (exact) mass is 323 g/mol. The molecule has 2 rings (SSSR count). The van der Waals surface area contributed by atoms with E-state index < -0.39 is 0 Å². The van der Waals surface area contributed by atoms with Crippen LogP contribution >= 0.6 is 0 Å². The predicted molar refractivity (Wildman–Crippen MR) is 92.0 cm³/mol. The Morgan fingerprint density at radius 2 is 1.75 bits per heavy atom. The molecule has 24 heavy (non-hydrogen) atoms. The third-order valence-electron chi connectivity index (χ3n) is 3.53. The van der Waals surface area contributed by atoms with Crippen LogP contribution < -0.4 is 9.47 Å². The lowest BCUT2D eigenvalue weighted by Gasteiger charge is -2.10. The fraction of sp³-hybridized carbons (Fsp3) is 0.300. The van der Waals surface area contributed by atoms with Gasteiger partial charge in [0, 0.05) is 6.07 Å². The number of hydrogen-bond acceptors (Lipinski definition) is 4. The van der Waals surface area contributed by atoms with E-state index in [9.17, 15) is 4.79 Å². The van der Waals surface area contributed by atoms with Crippen LogP contribution in [0.1, 0.15) is 30.5 Å². The molecule has 4 nitrogen and oxygen atoms in total. The molecule has 0 aromatic heterocycles. The molecule has 0 saturated heterocycles. The highest BCUT2D eigenvalue weighted by atomic mass is 16.6. The maximum Gasteiger partial charge on any atom is 0.315 e. The average Bonchev–Trinajstić information content (AvgIpc) is 2.56. The zero-order chi connectivity index (χ0) is 17.5. The van der Waals surface area contributed by atoms with Gasteiger partial charge in [-0.1, -0.05) is 38.1 Å². The highest BCUT2D eigenvalue weighted by Crippen LogP contribution is 2.28. The van der Waals surface area contributed by atoms with Gasteiger partial charge in [-0.05, 0) is 35.6 Å². The third-order valence-corrected chi connectivity index (χ3v) is 3.53. The van der Waals surface area contributed by atoms with Crippen LogP contribution in [0.5, 0.6) is 11.5 Å². The second-order valence-electron chi connectivity index (χ2n) is 6.04. The van der Waals surface area contributed by atoms with Crippen molar-refractivity contribution in [1.82, 2.24) is 0 Å². The van der Waals surface area contributed by atoms with E-state index in [1.807, 2.05) is 30.3 Å². The lowest BCUT2D eigenvalue weighted by Crippen LogP contribution is -2.12. The van der Waals surface area contributed by atoms with Crippen molar-refractivity contribution >= 4 is 5.97 Å². The SMILES string of the molecule is COc1cc(C#N)ccc1OC(=O)Cc1ccc(CC(C)C)cc1. The van der Waals surface area contributed by atoms with Gasteiger partial charge in [0.1, 0.15) is 0 Å². The fourth-order valence-electron chi connectivity index (χ4n) is 2.41. The molecule has 0 N–H and O–H groups in total. The molecule has 0 aliphatic carbocycles. The lowest BCUT2D eigenvalue weighted by molar-refractivity contribution is -0.133. The lowest BCUT2D eigenvalue weighted by atomic mass is 10.0. The molecule has 0 radical (unpaired) electrons. The van der Waals surface area contributed by atoms with E-state index in [-0.39, 0.29) is 12.4 Å². The number of esters is 1. The Hall–Kier alpha value is -2.80. The van der Waals surface area contributed by atoms with Crippen LogP contribution in [0.4, 0.5) is 0 Å². The fourth-order valence-corrected chi connectivity index (χ4v) is 2.41. The van der Waals surface area contributed by atoms with Crippen molar-refractivity contribution in [1.29, 1.82) is 5.26 Å². The summed E-state index contributed by atoms with van der Waals surface area (Å²) < 4.78 is 10.5.